The first-order valence-corrected chi connectivity index (χ1v) is 7.25. The number of hydrogen-bond donors (Lipinski definition) is 1. The van der Waals surface area contributed by atoms with Crippen molar-refractivity contribution in [2.75, 3.05) is 23.3 Å². The van der Waals surface area contributed by atoms with E-state index in [4.69, 9.17) is 5.26 Å². The van der Waals surface area contributed by atoms with E-state index in [1.807, 2.05) is 42.2 Å². The van der Waals surface area contributed by atoms with Crippen LogP contribution in [0, 0.1) is 11.3 Å². The molecule has 0 spiro atoms. The molecular formula is C16H19N5. The second-order valence-electron chi connectivity index (χ2n) is 5.49. The second-order valence-corrected chi connectivity index (χ2v) is 5.49. The lowest BCUT2D eigenvalue weighted by Crippen LogP contribution is -2.42. The Hall–Kier alpha value is -2.48. The van der Waals surface area contributed by atoms with Crippen LogP contribution in [-0.2, 0) is 7.05 Å². The maximum atomic E-state index is 8.83. The zero-order valence-corrected chi connectivity index (χ0v) is 12.2. The lowest BCUT2D eigenvalue weighted by molar-refractivity contribution is 0.530. The molecule has 1 atom stereocenters. The number of hydrogen-bond acceptors (Lipinski definition) is 4. The van der Waals surface area contributed by atoms with Crippen molar-refractivity contribution in [3.63, 3.8) is 0 Å². The molecule has 2 heterocycles. The summed E-state index contributed by atoms with van der Waals surface area (Å²) in [4.78, 5) is 2.37. The van der Waals surface area contributed by atoms with E-state index in [1.165, 1.54) is 12.1 Å². The smallest absolute Gasteiger partial charge is 0.0991 e. The van der Waals surface area contributed by atoms with Crippen molar-refractivity contribution in [1.29, 1.82) is 5.26 Å². The maximum absolute atomic E-state index is 8.83. The summed E-state index contributed by atoms with van der Waals surface area (Å²) in [5, 5.41) is 16.6. The van der Waals surface area contributed by atoms with Crippen molar-refractivity contribution in [3.8, 4) is 6.07 Å². The quantitative estimate of drug-likeness (QED) is 0.938. The van der Waals surface area contributed by atoms with E-state index in [0.29, 0.717) is 11.6 Å². The first kappa shape index (κ1) is 13.5. The molecule has 1 N–H and O–H groups in total. The highest BCUT2D eigenvalue weighted by atomic mass is 15.3. The average Bonchev–Trinajstić information content (AvgIpc) is 2.95. The molecule has 1 fully saturated rings. The highest BCUT2D eigenvalue weighted by Gasteiger charge is 2.20. The molecule has 0 bridgehead atoms. The van der Waals surface area contributed by atoms with Gasteiger partial charge >= 0.3 is 0 Å². The van der Waals surface area contributed by atoms with Crippen molar-refractivity contribution >= 4 is 11.4 Å². The summed E-state index contributed by atoms with van der Waals surface area (Å²) in [6, 6.07) is 10.2. The predicted molar refractivity (Wildman–Crippen MR) is 83.2 cm³/mol. The summed E-state index contributed by atoms with van der Waals surface area (Å²) in [5.74, 6) is 0. The monoisotopic (exact) mass is 281 g/mol. The van der Waals surface area contributed by atoms with Crippen LogP contribution in [0.2, 0.25) is 0 Å². The van der Waals surface area contributed by atoms with Crippen LogP contribution in [0.25, 0.3) is 0 Å². The fourth-order valence-electron chi connectivity index (χ4n) is 2.78. The van der Waals surface area contributed by atoms with Gasteiger partial charge in [0.1, 0.15) is 0 Å². The molecule has 0 aliphatic carbocycles. The lowest BCUT2D eigenvalue weighted by Gasteiger charge is -2.34. The number of rotatable bonds is 3. The van der Waals surface area contributed by atoms with E-state index < -0.39 is 0 Å². The Morgan fingerprint density at radius 2 is 2.14 bits per heavy atom. The molecule has 1 unspecified atom stereocenters. The molecule has 5 nitrogen and oxygen atoms in total. The van der Waals surface area contributed by atoms with E-state index >= 15 is 0 Å². The molecule has 0 saturated carbocycles. The molecule has 1 aliphatic rings. The fraction of sp³-hybridized carbons (Fsp3) is 0.375. The highest BCUT2D eigenvalue weighted by molar-refractivity contribution is 5.49. The summed E-state index contributed by atoms with van der Waals surface area (Å²) < 4.78 is 1.84. The molecule has 1 aliphatic heterocycles. The number of nitrogens with zero attached hydrogens (tertiary/aromatic N) is 4. The molecule has 3 rings (SSSR count). The highest BCUT2D eigenvalue weighted by Crippen LogP contribution is 2.21. The Morgan fingerprint density at radius 1 is 1.33 bits per heavy atom. The van der Waals surface area contributed by atoms with E-state index in [-0.39, 0.29) is 0 Å². The number of aryl methyl sites for hydroxylation is 1. The van der Waals surface area contributed by atoms with Crippen molar-refractivity contribution in [2.45, 2.75) is 18.9 Å². The Balaban J connectivity index is 1.64. The van der Waals surface area contributed by atoms with Crippen LogP contribution >= 0.6 is 0 Å². The maximum Gasteiger partial charge on any atom is 0.0991 e. The summed E-state index contributed by atoms with van der Waals surface area (Å²) in [6.07, 6.45) is 6.31. The molecule has 1 aromatic carbocycles. The molecule has 21 heavy (non-hydrogen) atoms. The molecule has 1 saturated heterocycles. The van der Waals surface area contributed by atoms with Gasteiger partial charge in [-0.3, -0.25) is 4.68 Å². The van der Waals surface area contributed by atoms with Crippen LogP contribution in [0.4, 0.5) is 11.4 Å². The zero-order chi connectivity index (χ0) is 14.7. The molecule has 2 aromatic rings. The second kappa shape index (κ2) is 5.88. The minimum absolute atomic E-state index is 0.423. The van der Waals surface area contributed by atoms with E-state index in [2.05, 4.69) is 27.6 Å². The number of aromatic nitrogens is 2. The van der Waals surface area contributed by atoms with Crippen LogP contribution in [0.3, 0.4) is 0 Å². The van der Waals surface area contributed by atoms with E-state index in [1.54, 1.807) is 0 Å². The van der Waals surface area contributed by atoms with Gasteiger partial charge in [-0.2, -0.15) is 10.4 Å². The average molecular weight is 281 g/mol. The van der Waals surface area contributed by atoms with Gasteiger partial charge in [0.05, 0.1) is 23.5 Å². The molecule has 5 heteroatoms. The molecule has 108 valence electrons. The topological polar surface area (TPSA) is 56.9 Å². The Morgan fingerprint density at radius 3 is 2.81 bits per heavy atom. The van der Waals surface area contributed by atoms with Gasteiger partial charge in [-0.25, -0.2) is 0 Å². The number of nitriles is 1. The minimum atomic E-state index is 0.423. The van der Waals surface area contributed by atoms with Crippen LogP contribution in [0.1, 0.15) is 18.4 Å². The van der Waals surface area contributed by atoms with E-state index in [9.17, 15) is 0 Å². The standard InChI is InChI=1S/C16H19N5/c1-20-12-16(10-18-20)21-8-2-3-15(11-21)19-14-6-4-13(9-17)5-7-14/h4-7,10,12,15,19H,2-3,8,11H2,1H3. The van der Waals surface area contributed by atoms with Gasteiger partial charge in [0.2, 0.25) is 0 Å². The van der Waals surface area contributed by atoms with Crippen molar-refractivity contribution in [2.24, 2.45) is 7.05 Å². The van der Waals surface area contributed by atoms with Crippen molar-refractivity contribution in [3.05, 3.63) is 42.2 Å². The SMILES string of the molecule is Cn1cc(N2CCCC(Nc3ccc(C#N)cc3)C2)cn1. The van der Waals surface area contributed by atoms with Gasteiger partial charge in [-0.15, -0.1) is 0 Å². The van der Waals surface area contributed by atoms with Crippen LogP contribution in [-0.4, -0.2) is 28.9 Å². The van der Waals surface area contributed by atoms with Crippen LogP contribution in [0.15, 0.2) is 36.7 Å². The minimum Gasteiger partial charge on any atom is -0.381 e. The lowest BCUT2D eigenvalue weighted by atomic mass is 10.0. The summed E-state index contributed by atoms with van der Waals surface area (Å²) in [6.45, 7) is 2.06. The third-order valence-corrected chi connectivity index (χ3v) is 3.86. The number of anilines is 2. The van der Waals surface area contributed by atoms with Crippen molar-refractivity contribution < 1.29 is 0 Å². The number of benzene rings is 1. The summed E-state index contributed by atoms with van der Waals surface area (Å²) in [7, 11) is 1.94. The third kappa shape index (κ3) is 3.16. The Labute approximate surface area is 124 Å². The zero-order valence-electron chi connectivity index (χ0n) is 12.2. The molecule has 0 amide bonds. The Kier molecular flexibility index (Phi) is 3.78. The molecule has 0 radical (unpaired) electrons. The predicted octanol–water partition coefficient (Wildman–Crippen LogP) is 2.37. The van der Waals surface area contributed by atoms with Gasteiger partial charge in [0.25, 0.3) is 0 Å². The van der Waals surface area contributed by atoms with E-state index in [0.717, 1.165) is 25.2 Å². The van der Waals surface area contributed by atoms with Gasteiger partial charge in [-0.1, -0.05) is 0 Å². The summed E-state index contributed by atoms with van der Waals surface area (Å²) in [5.41, 5.74) is 2.96. The van der Waals surface area contributed by atoms with Crippen molar-refractivity contribution in [1.82, 2.24) is 9.78 Å². The summed E-state index contributed by atoms with van der Waals surface area (Å²) >= 11 is 0. The third-order valence-electron chi connectivity index (χ3n) is 3.86. The first-order chi connectivity index (χ1) is 10.2. The normalized spacial score (nSPS) is 18.3. The van der Waals surface area contributed by atoms with Gasteiger partial charge in [-0.05, 0) is 37.1 Å². The molecule has 1 aromatic heterocycles. The molecular weight excluding hydrogens is 262 g/mol. The number of piperidine rings is 1. The fourth-order valence-corrected chi connectivity index (χ4v) is 2.78. The van der Waals surface area contributed by atoms with Gasteiger partial charge in [0, 0.05) is 38.1 Å². The van der Waals surface area contributed by atoms with Gasteiger partial charge < -0.3 is 10.2 Å². The first-order valence-electron chi connectivity index (χ1n) is 7.25. The number of nitrogens with one attached hydrogen (secondary N) is 1. The van der Waals surface area contributed by atoms with Crippen LogP contribution in [0.5, 0.6) is 0 Å². The largest absolute Gasteiger partial charge is 0.381 e. The van der Waals surface area contributed by atoms with Gasteiger partial charge in [0.15, 0.2) is 0 Å². The van der Waals surface area contributed by atoms with Crippen LogP contribution < -0.4 is 10.2 Å². The Bertz CT molecular complexity index is 637.